The van der Waals surface area contributed by atoms with E-state index < -0.39 is 28.5 Å². The first-order valence-corrected chi connectivity index (χ1v) is 17.0. The molecule has 0 heterocycles. The van der Waals surface area contributed by atoms with Gasteiger partial charge in [0.1, 0.15) is 24.9 Å². The van der Waals surface area contributed by atoms with Gasteiger partial charge in [-0.1, -0.05) is 80.3 Å². The molecule has 0 bridgehead atoms. The lowest BCUT2D eigenvalue weighted by Crippen LogP contribution is -2.53. The van der Waals surface area contributed by atoms with Gasteiger partial charge in [-0.05, 0) is 66.8 Å². The topological polar surface area (TPSA) is 96.0 Å². The molecule has 1 fully saturated rings. The number of hydrogen-bond acceptors (Lipinski definition) is 5. The summed E-state index contributed by atoms with van der Waals surface area (Å²) in [6.07, 6.45) is 6.57. The molecule has 1 atom stereocenters. The Labute approximate surface area is 260 Å². The Morgan fingerprint density at radius 1 is 0.930 bits per heavy atom. The maximum atomic E-state index is 14.0. The SMILES string of the molecule is CC[C@@H](C(=O)NC1CCCCC1)N(Cc1ccc(Cl)cc1)C(=O)CN(c1ccc(OCc2ccccc2)cc1)S(C)(=O)=O. The predicted molar refractivity (Wildman–Crippen MR) is 171 cm³/mol. The van der Waals surface area contributed by atoms with Crippen molar-refractivity contribution in [1.29, 1.82) is 0 Å². The Morgan fingerprint density at radius 3 is 2.19 bits per heavy atom. The Hall–Kier alpha value is -3.56. The van der Waals surface area contributed by atoms with E-state index in [2.05, 4.69) is 5.32 Å². The molecule has 3 aromatic rings. The minimum atomic E-state index is -3.84. The van der Waals surface area contributed by atoms with Gasteiger partial charge in [-0.2, -0.15) is 0 Å². The van der Waals surface area contributed by atoms with Gasteiger partial charge in [0, 0.05) is 17.6 Å². The summed E-state index contributed by atoms with van der Waals surface area (Å²) in [5.41, 5.74) is 2.12. The molecular weight excluding hydrogens is 586 g/mol. The Kier molecular flexibility index (Phi) is 11.5. The van der Waals surface area contributed by atoms with Gasteiger partial charge in [-0.25, -0.2) is 8.42 Å². The molecule has 0 aliphatic heterocycles. The summed E-state index contributed by atoms with van der Waals surface area (Å²) in [5, 5.41) is 3.70. The molecular formula is C33H40ClN3O5S. The fourth-order valence-electron chi connectivity index (χ4n) is 5.31. The van der Waals surface area contributed by atoms with E-state index >= 15 is 0 Å². The van der Waals surface area contributed by atoms with Crippen LogP contribution >= 0.6 is 11.6 Å². The molecule has 43 heavy (non-hydrogen) atoms. The molecule has 0 spiro atoms. The third-order valence-electron chi connectivity index (χ3n) is 7.66. The van der Waals surface area contributed by atoms with Crippen molar-refractivity contribution in [3.8, 4) is 5.75 Å². The summed E-state index contributed by atoms with van der Waals surface area (Å²) in [6, 6.07) is 22.7. The molecule has 1 aliphatic carbocycles. The largest absolute Gasteiger partial charge is 0.489 e. The molecule has 1 aliphatic rings. The molecule has 230 valence electrons. The van der Waals surface area contributed by atoms with Crippen molar-refractivity contribution < 1.29 is 22.7 Å². The zero-order chi connectivity index (χ0) is 30.8. The molecule has 10 heteroatoms. The maximum Gasteiger partial charge on any atom is 0.244 e. The quantitative estimate of drug-likeness (QED) is 0.254. The number of hydrogen-bond donors (Lipinski definition) is 1. The highest BCUT2D eigenvalue weighted by Gasteiger charge is 2.32. The van der Waals surface area contributed by atoms with Crippen LogP contribution in [-0.2, 0) is 32.8 Å². The van der Waals surface area contributed by atoms with Gasteiger partial charge in [0.2, 0.25) is 21.8 Å². The van der Waals surface area contributed by atoms with E-state index in [0.717, 1.165) is 53.8 Å². The van der Waals surface area contributed by atoms with Crippen molar-refractivity contribution in [2.45, 2.75) is 70.7 Å². The van der Waals surface area contributed by atoms with Crippen molar-refractivity contribution in [2.75, 3.05) is 17.1 Å². The average Bonchev–Trinajstić information content (AvgIpc) is 3.00. The summed E-state index contributed by atoms with van der Waals surface area (Å²) in [5.74, 6) is -0.125. The number of halogens is 1. The number of nitrogens with one attached hydrogen (secondary N) is 1. The number of ether oxygens (including phenoxy) is 1. The maximum absolute atomic E-state index is 14.0. The first-order chi connectivity index (χ1) is 20.6. The van der Waals surface area contributed by atoms with E-state index in [1.54, 1.807) is 48.5 Å². The number of carbonyl (C=O) groups is 2. The van der Waals surface area contributed by atoms with Gasteiger partial charge in [0.15, 0.2) is 0 Å². The second-order valence-corrected chi connectivity index (χ2v) is 13.3. The smallest absolute Gasteiger partial charge is 0.244 e. The highest BCUT2D eigenvalue weighted by atomic mass is 35.5. The zero-order valence-electron chi connectivity index (χ0n) is 24.7. The van der Waals surface area contributed by atoms with Crippen molar-refractivity contribution in [3.63, 3.8) is 0 Å². The molecule has 4 rings (SSSR count). The van der Waals surface area contributed by atoms with Crippen LogP contribution in [0.2, 0.25) is 5.02 Å². The van der Waals surface area contributed by atoms with E-state index in [-0.39, 0.29) is 18.5 Å². The van der Waals surface area contributed by atoms with Crippen LogP contribution in [0.3, 0.4) is 0 Å². The van der Waals surface area contributed by atoms with Crippen LogP contribution in [0.1, 0.15) is 56.6 Å². The average molecular weight is 626 g/mol. The summed E-state index contributed by atoms with van der Waals surface area (Å²) in [7, 11) is -3.84. The number of benzene rings is 3. The molecule has 0 unspecified atom stereocenters. The van der Waals surface area contributed by atoms with Crippen LogP contribution < -0.4 is 14.4 Å². The first-order valence-electron chi connectivity index (χ1n) is 14.7. The lowest BCUT2D eigenvalue weighted by Gasteiger charge is -2.34. The Bertz CT molecular complexity index is 1440. The summed E-state index contributed by atoms with van der Waals surface area (Å²) in [6.45, 7) is 1.91. The minimum Gasteiger partial charge on any atom is -0.489 e. The minimum absolute atomic E-state index is 0.0814. The van der Waals surface area contributed by atoms with Gasteiger partial charge in [0.05, 0.1) is 11.9 Å². The van der Waals surface area contributed by atoms with Gasteiger partial charge in [0.25, 0.3) is 0 Å². The zero-order valence-corrected chi connectivity index (χ0v) is 26.3. The standard InChI is InChI=1S/C33H40ClN3O5S/c1-3-31(33(39)35-28-12-8-5-9-13-28)36(22-25-14-16-27(34)17-15-25)32(38)23-37(43(2,40)41)29-18-20-30(21-19-29)42-24-26-10-6-4-7-11-26/h4,6-7,10-11,14-21,28,31H,3,5,8-9,12-13,22-24H2,1-2H3,(H,35,39)/t31-/m0/s1. The fourth-order valence-corrected chi connectivity index (χ4v) is 6.29. The number of nitrogens with zero attached hydrogens (tertiary/aromatic N) is 2. The monoisotopic (exact) mass is 625 g/mol. The predicted octanol–water partition coefficient (Wildman–Crippen LogP) is 5.94. The van der Waals surface area contributed by atoms with Crippen molar-refractivity contribution >= 4 is 39.1 Å². The third kappa shape index (κ3) is 9.46. The molecule has 8 nitrogen and oxygen atoms in total. The third-order valence-corrected chi connectivity index (χ3v) is 9.05. The molecule has 0 saturated heterocycles. The van der Waals surface area contributed by atoms with Crippen molar-refractivity contribution in [1.82, 2.24) is 10.2 Å². The Balaban J connectivity index is 1.54. The van der Waals surface area contributed by atoms with Crippen LogP contribution in [0.4, 0.5) is 5.69 Å². The van der Waals surface area contributed by atoms with Crippen LogP contribution in [0.25, 0.3) is 0 Å². The van der Waals surface area contributed by atoms with E-state index in [1.807, 2.05) is 37.3 Å². The lowest BCUT2D eigenvalue weighted by molar-refractivity contribution is -0.140. The molecule has 3 aromatic carbocycles. The van der Waals surface area contributed by atoms with E-state index in [0.29, 0.717) is 29.5 Å². The summed E-state index contributed by atoms with van der Waals surface area (Å²) in [4.78, 5) is 29.0. The molecule has 0 radical (unpaired) electrons. The number of anilines is 1. The number of sulfonamides is 1. The van der Waals surface area contributed by atoms with Crippen LogP contribution in [0.5, 0.6) is 5.75 Å². The lowest BCUT2D eigenvalue weighted by atomic mass is 9.95. The summed E-state index contributed by atoms with van der Waals surface area (Å²) < 4.78 is 32.8. The van der Waals surface area contributed by atoms with Crippen LogP contribution in [0.15, 0.2) is 78.9 Å². The Morgan fingerprint density at radius 2 is 1.58 bits per heavy atom. The fraction of sp³-hybridized carbons (Fsp3) is 0.394. The van der Waals surface area contributed by atoms with E-state index in [9.17, 15) is 18.0 Å². The number of carbonyl (C=O) groups excluding carboxylic acids is 2. The normalized spacial score (nSPS) is 14.5. The molecule has 1 saturated carbocycles. The van der Waals surface area contributed by atoms with E-state index in [4.69, 9.17) is 16.3 Å². The van der Waals surface area contributed by atoms with Crippen LogP contribution in [-0.4, -0.2) is 50.0 Å². The molecule has 1 N–H and O–H groups in total. The number of rotatable bonds is 13. The van der Waals surface area contributed by atoms with Gasteiger partial charge in [-0.15, -0.1) is 0 Å². The van der Waals surface area contributed by atoms with Gasteiger partial charge in [-0.3, -0.25) is 13.9 Å². The van der Waals surface area contributed by atoms with Crippen molar-refractivity contribution in [2.24, 2.45) is 0 Å². The van der Waals surface area contributed by atoms with Gasteiger partial charge < -0.3 is 15.0 Å². The molecule has 2 amide bonds. The van der Waals surface area contributed by atoms with Crippen molar-refractivity contribution in [3.05, 3.63) is 95.0 Å². The highest BCUT2D eigenvalue weighted by Crippen LogP contribution is 2.24. The second-order valence-electron chi connectivity index (χ2n) is 11.0. The number of amides is 2. The first kappa shape index (κ1) is 32.4. The highest BCUT2D eigenvalue weighted by molar-refractivity contribution is 7.92. The van der Waals surface area contributed by atoms with E-state index in [1.165, 1.54) is 4.90 Å². The second kappa shape index (κ2) is 15.3. The molecule has 0 aromatic heterocycles. The van der Waals surface area contributed by atoms with Gasteiger partial charge >= 0.3 is 0 Å². The summed E-state index contributed by atoms with van der Waals surface area (Å²) >= 11 is 6.08. The van der Waals surface area contributed by atoms with Crippen LogP contribution in [0, 0.1) is 0 Å².